The van der Waals surface area contributed by atoms with Crippen LogP contribution in [0.1, 0.15) is 51.4 Å². The Labute approximate surface area is 122 Å². The third-order valence-corrected chi connectivity index (χ3v) is 6.12. The number of thiol groups is 4. The third kappa shape index (κ3) is 4.95. The van der Waals surface area contributed by atoms with E-state index in [1.165, 1.54) is 51.4 Å². The van der Waals surface area contributed by atoms with E-state index in [1.807, 2.05) is 0 Å². The number of unbranched alkanes of at least 4 members (excludes halogenated alkanes) is 2. The molecule has 0 bridgehead atoms. The van der Waals surface area contributed by atoms with Crippen molar-refractivity contribution in [3.05, 3.63) is 0 Å². The van der Waals surface area contributed by atoms with Crippen LogP contribution in [-0.2, 0) is 0 Å². The Bertz CT molecular complexity index is 187. The summed E-state index contributed by atoms with van der Waals surface area (Å²) >= 11 is 18.4. The van der Waals surface area contributed by atoms with Crippen LogP contribution in [0.25, 0.3) is 0 Å². The maximum atomic E-state index is 4.89. The smallest absolute Gasteiger partial charge is 0.0246 e. The molecule has 0 radical (unpaired) electrons. The number of hydrogen-bond acceptors (Lipinski definition) is 4. The molecule has 1 atom stereocenters. The van der Waals surface area contributed by atoms with Gasteiger partial charge in [-0.15, -0.1) is 0 Å². The van der Waals surface area contributed by atoms with Gasteiger partial charge in [-0.2, -0.15) is 50.5 Å². The average Bonchev–Trinajstić information content (AvgIpc) is 2.28. The highest BCUT2D eigenvalue weighted by atomic mass is 32.1. The first-order chi connectivity index (χ1) is 7.58. The molecule has 0 spiro atoms. The second kappa shape index (κ2) is 7.75. The summed E-state index contributed by atoms with van der Waals surface area (Å²) < 4.78 is 0.156. The zero-order valence-corrected chi connectivity index (χ0v) is 13.4. The fraction of sp³-hybridized carbons (Fsp3) is 1.00. The maximum Gasteiger partial charge on any atom is 0.0246 e. The lowest BCUT2D eigenvalue weighted by atomic mass is 9.83. The first-order valence-corrected chi connectivity index (χ1v) is 8.39. The molecule has 1 rings (SSSR count). The van der Waals surface area contributed by atoms with Crippen LogP contribution in [0.2, 0.25) is 0 Å². The molecule has 0 aromatic carbocycles. The van der Waals surface area contributed by atoms with Gasteiger partial charge in [-0.05, 0) is 44.3 Å². The normalized spacial score (nSPS) is 32.6. The van der Waals surface area contributed by atoms with Gasteiger partial charge in [0.25, 0.3) is 0 Å². The van der Waals surface area contributed by atoms with Crippen LogP contribution in [0, 0.1) is 0 Å². The Morgan fingerprint density at radius 2 is 1.75 bits per heavy atom. The van der Waals surface area contributed by atoms with Crippen LogP contribution < -0.4 is 0 Å². The monoisotopic (exact) mass is 296 g/mol. The largest absolute Gasteiger partial charge is 0.179 e. The van der Waals surface area contributed by atoms with Crippen LogP contribution in [0.5, 0.6) is 0 Å². The minimum absolute atomic E-state index is 0.156. The van der Waals surface area contributed by atoms with Gasteiger partial charge in [-0.1, -0.05) is 12.8 Å². The molecule has 0 saturated heterocycles. The molecule has 1 aliphatic rings. The number of hydrogen-bond donors (Lipinski definition) is 4. The lowest BCUT2D eigenvalue weighted by Gasteiger charge is -2.39. The third-order valence-electron chi connectivity index (χ3n) is 3.58. The molecule has 0 N–H and O–H groups in total. The molecular weight excluding hydrogens is 272 g/mol. The topological polar surface area (TPSA) is 0 Å². The van der Waals surface area contributed by atoms with Crippen molar-refractivity contribution >= 4 is 50.5 Å². The lowest BCUT2D eigenvalue weighted by molar-refractivity contribution is 0.386. The molecular formula is C12H24S4. The summed E-state index contributed by atoms with van der Waals surface area (Å²) in [6.07, 6.45) is 9.69. The van der Waals surface area contributed by atoms with Crippen LogP contribution in [-0.4, -0.2) is 21.0 Å². The van der Waals surface area contributed by atoms with Crippen molar-refractivity contribution in [2.45, 2.75) is 66.6 Å². The molecule has 0 aromatic heterocycles. The van der Waals surface area contributed by atoms with Crippen molar-refractivity contribution in [2.75, 3.05) is 5.75 Å². The van der Waals surface area contributed by atoms with E-state index < -0.39 is 0 Å². The fourth-order valence-electron chi connectivity index (χ4n) is 2.33. The SMILES string of the molecule is SCCCCCC(S)C1(S)CCC(S)CC1. The van der Waals surface area contributed by atoms with Gasteiger partial charge in [0.05, 0.1) is 0 Å². The van der Waals surface area contributed by atoms with Crippen molar-refractivity contribution in [2.24, 2.45) is 0 Å². The first-order valence-electron chi connectivity index (χ1n) is 6.28. The summed E-state index contributed by atoms with van der Waals surface area (Å²) in [5, 5.41) is 1.03. The van der Waals surface area contributed by atoms with Gasteiger partial charge in [0.1, 0.15) is 0 Å². The standard InChI is InChI=1S/C12H24S4/c13-9-3-1-2-4-11(15)12(16)7-5-10(14)6-8-12/h10-11,13-16H,1-9H2. The summed E-state index contributed by atoms with van der Waals surface area (Å²) in [6, 6.07) is 0. The average molecular weight is 297 g/mol. The highest BCUT2D eigenvalue weighted by Gasteiger charge is 2.36. The maximum absolute atomic E-state index is 4.89. The minimum atomic E-state index is 0.156. The molecule has 1 saturated carbocycles. The lowest BCUT2D eigenvalue weighted by Crippen LogP contribution is -2.37. The van der Waals surface area contributed by atoms with E-state index in [0.29, 0.717) is 10.5 Å². The molecule has 0 amide bonds. The molecule has 1 fully saturated rings. The highest BCUT2D eigenvalue weighted by Crippen LogP contribution is 2.41. The van der Waals surface area contributed by atoms with Gasteiger partial charge in [0, 0.05) is 15.2 Å². The van der Waals surface area contributed by atoms with Crippen molar-refractivity contribution in [1.29, 1.82) is 0 Å². The zero-order valence-electron chi connectivity index (χ0n) is 9.81. The van der Waals surface area contributed by atoms with Gasteiger partial charge < -0.3 is 0 Å². The van der Waals surface area contributed by atoms with Crippen LogP contribution in [0.4, 0.5) is 0 Å². The van der Waals surface area contributed by atoms with E-state index in [9.17, 15) is 0 Å². The van der Waals surface area contributed by atoms with Gasteiger partial charge in [0.2, 0.25) is 0 Å². The summed E-state index contributed by atoms with van der Waals surface area (Å²) in [6.45, 7) is 0. The molecule has 0 heterocycles. The van der Waals surface area contributed by atoms with Crippen molar-refractivity contribution in [1.82, 2.24) is 0 Å². The Balaban J connectivity index is 2.26. The summed E-state index contributed by atoms with van der Waals surface area (Å²) in [5.74, 6) is 1.00. The quantitative estimate of drug-likeness (QED) is 0.407. The second-order valence-electron chi connectivity index (χ2n) is 4.92. The molecule has 16 heavy (non-hydrogen) atoms. The van der Waals surface area contributed by atoms with E-state index in [-0.39, 0.29) is 4.75 Å². The van der Waals surface area contributed by atoms with Crippen molar-refractivity contribution in [3.8, 4) is 0 Å². The first kappa shape index (κ1) is 15.5. The summed E-state index contributed by atoms with van der Waals surface area (Å²) in [5.41, 5.74) is 0. The van der Waals surface area contributed by atoms with Gasteiger partial charge in [-0.25, -0.2) is 0 Å². The van der Waals surface area contributed by atoms with Crippen LogP contribution in [0.3, 0.4) is 0 Å². The van der Waals surface area contributed by atoms with Gasteiger partial charge >= 0.3 is 0 Å². The van der Waals surface area contributed by atoms with Crippen LogP contribution >= 0.6 is 50.5 Å². The predicted molar refractivity (Wildman–Crippen MR) is 88.1 cm³/mol. The zero-order chi connectivity index (χ0) is 12.0. The van der Waals surface area contributed by atoms with Crippen LogP contribution in [0.15, 0.2) is 0 Å². The van der Waals surface area contributed by atoms with Crippen molar-refractivity contribution in [3.63, 3.8) is 0 Å². The van der Waals surface area contributed by atoms with E-state index >= 15 is 0 Å². The van der Waals surface area contributed by atoms with E-state index in [4.69, 9.17) is 25.3 Å². The van der Waals surface area contributed by atoms with E-state index in [2.05, 4.69) is 25.3 Å². The molecule has 0 nitrogen and oxygen atoms in total. The Morgan fingerprint density at radius 1 is 1.12 bits per heavy atom. The molecule has 1 aliphatic carbocycles. The van der Waals surface area contributed by atoms with Gasteiger partial charge in [0.15, 0.2) is 0 Å². The minimum Gasteiger partial charge on any atom is -0.179 e. The summed E-state index contributed by atoms with van der Waals surface area (Å²) in [4.78, 5) is 0. The molecule has 0 aromatic rings. The Hall–Kier alpha value is 1.40. The van der Waals surface area contributed by atoms with Crippen molar-refractivity contribution < 1.29 is 0 Å². The molecule has 4 heteroatoms. The Morgan fingerprint density at radius 3 is 2.31 bits per heavy atom. The van der Waals surface area contributed by atoms with Gasteiger partial charge in [-0.3, -0.25) is 0 Å². The molecule has 96 valence electrons. The van der Waals surface area contributed by atoms with E-state index in [0.717, 1.165) is 5.75 Å². The predicted octanol–water partition coefficient (Wildman–Crippen LogP) is 4.32. The molecule has 0 aliphatic heterocycles. The Kier molecular flexibility index (Phi) is 7.49. The van der Waals surface area contributed by atoms with E-state index in [1.54, 1.807) is 0 Å². The number of rotatable bonds is 6. The highest BCUT2D eigenvalue weighted by molar-refractivity contribution is 7.85. The fourth-order valence-corrected chi connectivity index (χ4v) is 3.64. The summed E-state index contributed by atoms with van der Waals surface area (Å²) in [7, 11) is 0. The second-order valence-corrected chi connectivity index (χ2v) is 7.62. The molecule has 1 unspecified atom stereocenters.